The van der Waals surface area contributed by atoms with Gasteiger partial charge in [-0.1, -0.05) is 17.7 Å². The van der Waals surface area contributed by atoms with Gasteiger partial charge in [0.05, 0.1) is 12.2 Å². The summed E-state index contributed by atoms with van der Waals surface area (Å²) in [6.45, 7) is 2.48. The van der Waals surface area contributed by atoms with Gasteiger partial charge in [0.25, 0.3) is 0 Å². The molecule has 100 valence electrons. The van der Waals surface area contributed by atoms with Crippen molar-refractivity contribution in [3.8, 4) is 0 Å². The van der Waals surface area contributed by atoms with E-state index in [-0.39, 0.29) is 18.3 Å². The van der Waals surface area contributed by atoms with Crippen molar-refractivity contribution < 1.29 is 14.2 Å². The molecule has 1 saturated carbocycles. The molecule has 0 aliphatic heterocycles. The molecule has 4 heteroatoms. The van der Waals surface area contributed by atoms with Crippen molar-refractivity contribution in [2.45, 2.75) is 38.4 Å². The van der Waals surface area contributed by atoms with Gasteiger partial charge < -0.3 is 9.84 Å². The third-order valence-corrected chi connectivity index (χ3v) is 3.50. The van der Waals surface area contributed by atoms with E-state index in [1.807, 2.05) is 6.92 Å². The van der Waals surface area contributed by atoms with E-state index in [1.54, 1.807) is 12.1 Å². The van der Waals surface area contributed by atoms with Crippen LogP contribution < -0.4 is 0 Å². The Kier molecular flexibility index (Phi) is 4.60. The van der Waals surface area contributed by atoms with Crippen LogP contribution in [0.4, 0.5) is 4.39 Å². The van der Waals surface area contributed by atoms with Crippen molar-refractivity contribution in [2.24, 2.45) is 5.92 Å². The Hall–Kier alpha value is -0.640. The number of ether oxygens (including phenoxy) is 1. The number of rotatable bonds is 6. The number of aliphatic hydroxyl groups excluding tert-OH is 1. The maximum absolute atomic E-state index is 13.6. The van der Waals surface area contributed by atoms with E-state index < -0.39 is 6.10 Å². The summed E-state index contributed by atoms with van der Waals surface area (Å²) in [5.74, 6) is 0.0582. The van der Waals surface area contributed by atoms with Gasteiger partial charge in [-0.2, -0.15) is 0 Å². The van der Waals surface area contributed by atoms with Crippen molar-refractivity contribution >= 4 is 11.6 Å². The highest BCUT2D eigenvalue weighted by molar-refractivity contribution is 6.30. The van der Waals surface area contributed by atoms with Gasteiger partial charge in [0.1, 0.15) is 5.82 Å². The molecule has 0 amide bonds. The van der Waals surface area contributed by atoms with Gasteiger partial charge in [0.2, 0.25) is 0 Å². The normalized spacial score (nSPS) is 18.7. The van der Waals surface area contributed by atoms with E-state index in [9.17, 15) is 9.50 Å². The monoisotopic (exact) mass is 272 g/mol. The summed E-state index contributed by atoms with van der Waals surface area (Å²) in [6, 6.07) is 4.53. The summed E-state index contributed by atoms with van der Waals surface area (Å²) in [4.78, 5) is 0. The minimum atomic E-state index is -0.659. The van der Waals surface area contributed by atoms with Crippen LogP contribution in [0.5, 0.6) is 0 Å². The Morgan fingerprint density at radius 3 is 2.78 bits per heavy atom. The van der Waals surface area contributed by atoms with E-state index in [1.165, 1.54) is 6.07 Å². The van der Waals surface area contributed by atoms with Gasteiger partial charge in [-0.3, -0.25) is 0 Å². The Labute approximate surface area is 112 Å². The fourth-order valence-corrected chi connectivity index (χ4v) is 2.37. The second-order valence-electron chi connectivity index (χ2n) is 4.76. The number of benzene rings is 1. The van der Waals surface area contributed by atoms with Gasteiger partial charge in [0.15, 0.2) is 0 Å². The highest BCUT2D eigenvalue weighted by atomic mass is 35.5. The third kappa shape index (κ3) is 3.44. The highest BCUT2D eigenvalue weighted by Crippen LogP contribution is 2.36. The lowest BCUT2D eigenvalue weighted by Crippen LogP contribution is -2.33. The second kappa shape index (κ2) is 6.00. The molecule has 0 spiro atoms. The van der Waals surface area contributed by atoms with Crippen molar-refractivity contribution in [1.29, 1.82) is 0 Å². The summed E-state index contributed by atoms with van der Waals surface area (Å²) in [5.41, 5.74) is 0.484. The Morgan fingerprint density at radius 2 is 2.22 bits per heavy atom. The highest BCUT2D eigenvalue weighted by Gasteiger charge is 2.36. The summed E-state index contributed by atoms with van der Waals surface area (Å²) >= 11 is 5.70. The molecule has 2 unspecified atom stereocenters. The summed E-state index contributed by atoms with van der Waals surface area (Å²) < 4.78 is 19.2. The predicted octanol–water partition coefficient (Wildman–Crippen LogP) is 3.20. The minimum Gasteiger partial charge on any atom is -0.390 e. The van der Waals surface area contributed by atoms with Crippen molar-refractivity contribution in [2.75, 3.05) is 6.61 Å². The lowest BCUT2D eigenvalue weighted by Gasteiger charge is -2.23. The summed E-state index contributed by atoms with van der Waals surface area (Å²) in [6.07, 6.45) is 1.61. The SMILES string of the molecule is CCOC(C(O)Cc1ccc(Cl)cc1F)C1CC1. The number of halogens is 2. The van der Waals surface area contributed by atoms with Crippen LogP contribution >= 0.6 is 11.6 Å². The van der Waals surface area contributed by atoms with Crippen LogP contribution in [-0.4, -0.2) is 23.9 Å². The zero-order valence-electron chi connectivity index (χ0n) is 10.4. The largest absolute Gasteiger partial charge is 0.390 e. The van der Waals surface area contributed by atoms with Crippen LogP contribution in [0.25, 0.3) is 0 Å². The average Bonchev–Trinajstić information content (AvgIpc) is 3.13. The molecule has 1 aliphatic carbocycles. The molecule has 2 atom stereocenters. The maximum Gasteiger partial charge on any atom is 0.127 e. The van der Waals surface area contributed by atoms with Crippen molar-refractivity contribution in [1.82, 2.24) is 0 Å². The Bertz CT molecular complexity index is 407. The molecule has 2 nitrogen and oxygen atoms in total. The van der Waals surface area contributed by atoms with Gasteiger partial charge in [-0.25, -0.2) is 4.39 Å². The van der Waals surface area contributed by atoms with E-state index in [0.29, 0.717) is 23.1 Å². The van der Waals surface area contributed by atoms with E-state index in [4.69, 9.17) is 16.3 Å². The van der Waals surface area contributed by atoms with Crippen LogP contribution in [0.3, 0.4) is 0 Å². The molecule has 1 aromatic carbocycles. The fourth-order valence-electron chi connectivity index (χ4n) is 2.21. The molecule has 0 heterocycles. The van der Waals surface area contributed by atoms with Crippen molar-refractivity contribution in [3.63, 3.8) is 0 Å². The lowest BCUT2D eigenvalue weighted by atomic mass is 10.0. The third-order valence-electron chi connectivity index (χ3n) is 3.27. The molecule has 0 radical (unpaired) electrons. The zero-order valence-corrected chi connectivity index (χ0v) is 11.2. The van der Waals surface area contributed by atoms with Crippen molar-refractivity contribution in [3.05, 3.63) is 34.6 Å². The molecular formula is C14H18ClFO2. The number of aliphatic hydroxyl groups is 1. The maximum atomic E-state index is 13.6. The first-order valence-electron chi connectivity index (χ1n) is 6.35. The first-order chi connectivity index (χ1) is 8.61. The zero-order chi connectivity index (χ0) is 13.1. The fraction of sp³-hybridized carbons (Fsp3) is 0.571. The van der Waals surface area contributed by atoms with Crippen LogP contribution in [-0.2, 0) is 11.2 Å². The number of hydrogen-bond acceptors (Lipinski definition) is 2. The molecule has 1 N–H and O–H groups in total. The van der Waals surface area contributed by atoms with Crippen LogP contribution in [0.15, 0.2) is 18.2 Å². The molecule has 1 aliphatic rings. The van der Waals surface area contributed by atoms with Gasteiger partial charge >= 0.3 is 0 Å². The molecule has 1 fully saturated rings. The average molecular weight is 273 g/mol. The lowest BCUT2D eigenvalue weighted by molar-refractivity contribution is -0.0442. The molecule has 18 heavy (non-hydrogen) atoms. The minimum absolute atomic E-state index is 0.176. The molecule has 1 aromatic rings. The second-order valence-corrected chi connectivity index (χ2v) is 5.20. The van der Waals surface area contributed by atoms with Gasteiger partial charge in [-0.05, 0) is 43.4 Å². The van der Waals surface area contributed by atoms with Gasteiger partial charge in [-0.15, -0.1) is 0 Å². The summed E-state index contributed by atoms with van der Waals surface area (Å²) in [7, 11) is 0. The van der Waals surface area contributed by atoms with Crippen LogP contribution in [0, 0.1) is 11.7 Å². The quantitative estimate of drug-likeness (QED) is 0.862. The predicted molar refractivity (Wildman–Crippen MR) is 69.3 cm³/mol. The van der Waals surface area contributed by atoms with Gasteiger partial charge in [0, 0.05) is 18.1 Å². The summed E-state index contributed by atoms with van der Waals surface area (Å²) in [5, 5.41) is 10.5. The molecule has 2 rings (SSSR count). The van der Waals surface area contributed by atoms with Crippen LogP contribution in [0.2, 0.25) is 5.02 Å². The van der Waals surface area contributed by atoms with E-state index >= 15 is 0 Å². The molecule has 0 bridgehead atoms. The number of hydrogen-bond donors (Lipinski definition) is 1. The Balaban J connectivity index is 2.02. The standard InChI is InChI=1S/C14H18ClFO2/c1-2-18-14(9-3-4-9)13(17)7-10-5-6-11(15)8-12(10)16/h5-6,8-9,13-14,17H,2-4,7H2,1H3. The topological polar surface area (TPSA) is 29.5 Å². The molecule has 0 aromatic heterocycles. The van der Waals surface area contributed by atoms with E-state index in [0.717, 1.165) is 12.8 Å². The van der Waals surface area contributed by atoms with E-state index in [2.05, 4.69) is 0 Å². The molecule has 0 saturated heterocycles. The Morgan fingerprint density at radius 1 is 1.50 bits per heavy atom. The van der Waals surface area contributed by atoms with Crippen LogP contribution in [0.1, 0.15) is 25.3 Å². The smallest absolute Gasteiger partial charge is 0.127 e. The first kappa shape index (κ1) is 13.8. The molecular weight excluding hydrogens is 255 g/mol. The first-order valence-corrected chi connectivity index (χ1v) is 6.73.